The van der Waals surface area contributed by atoms with Crippen LogP contribution in [0.4, 0.5) is 0 Å². The van der Waals surface area contributed by atoms with Crippen molar-refractivity contribution in [3.63, 3.8) is 0 Å². The second-order valence-electron chi connectivity index (χ2n) is 4.77. The summed E-state index contributed by atoms with van der Waals surface area (Å²) in [4.78, 5) is 0. The van der Waals surface area contributed by atoms with Gasteiger partial charge in [0.25, 0.3) is 0 Å². The Hall–Kier alpha value is -0.810. The van der Waals surface area contributed by atoms with Crippen LogP contribution in [0.25, 0.3) is 0 Å². The molecule has 1 aliphatic rings. The zero-order valence-electron chi connectivity index (χ0n) is 11.0. The molecule has 0 unspecified atom stereocenters. The van der Waals surface area contributed by atoms with Crippen LogP contribution in [-0.4, -0.2) is 30.8 Å². The summed E-state index contributed by atoms with van der Waals surface area (Å²) in [5.74, 6) is 0.817. The quantitative estimate of drug-likeness (QED) is 0.743. The van der Waals surface area contributed by atoms with Crippen molar-refractivity contribution in [3.05, 3.63) is 29.8 Å². The smallest absolute Gasteiger partial charge is 0.119 e. The Morgan fingerprint density at radius 1 is 1.47 bits per heavy atom. The van der Waals surface area contributed by atoms with Crippen LogP contribution in [0.5, 0.6) is 5.75 Å². The van der Waals surface area contributed by atoms with Gasteiger partial charge in [-0.3, -0.25) is 0 Å². The maximum Gasteiger partial charge on any atom is 0.119 e. The van der Waals surface area contributed by atoms with Crippen molar-refractivity contribution in [2.75, 3.05) is 19.7 Å². The minimum absolute atomic E-state index is 0. The molecule has 1 fully saturated rings. The minimum Gasteiger partial charge on any atom is -0.492 e. The van der Waals surface area contributed by atoms with E-state index in [1.807, 2.05) is 24.3 Å². The maximum atomic E-state index is 9.88. The lowest BCUT2D eigenvalue weighted by Crippen LogP contribution is -2.28. The third-order valence-electron chi connectivity index (χ3n) is 3.30. The predicted molar refractivity (Wildman–Crippen MR) is 78.8 cm³/mol. The van der Waals surface area contributed by atoms with Gasteiger partial charge in [-0.2, -0.15) is 0 Å². The molecule has 5 heteroatoms. The topological polar surface area (TPSA) is 67.5 Å². The molecule has 4 nitrogen and oxygen atoms in total. The number of ether oxygens (including phenoxy) is 1. The largest absolute Gasteiger partial charge is 0.492 e. The number of benzene rings is 1. The summed E-state index contributed by atoms with van der Waals surface area (Å²) < 4.78 is 5.75. The number of hydrogen-bond donors (Lipinski definition) is 3. The molecule has 1 heterocycles. The van der Waals surface area contributed by atoms with Gasteiger partial charge in [0.2, 0.25) is 0 Å². The van der Waals surface area contributed by atoms with E-state index in [4.69, 9.17) is 10.5 Å². The molecule has 2 rings (SSSR count). The third-order valence-corrected chi connectivity index (χ3v) is 3.30. The van der Waals surface area contributed by atoms with Gasteiger partial charge in [-0.15, -0.1) is 12.4 Å². The fraction of sp³-hybridized carbons (Fsp3) is 0.571. The lowest BCUT2D eigenvalue weighted by Gasteiger charge is -2.14. The van der Waals surface area contributed by atoms with E-state index in [9.17, 15) is 5.11 Å². The van der Waals surface area contributed by atoms with Crippen molar-refractivity contribution in [3.8, 4) is 5.75 Å². The Bertz CT molecular complexity index is 370. The highest BCUT2D eigenvalue weighted by atomic mass is 35.5. The Kier molecular flexibility index (Phi) is 7.16. The number of hydrogen-bond acceptors (Lipinski definition) is 4. The van der Waals surface area contributed by atoms with Gasteiger partial charge in [0.1, 0.15) is 12.4 Å². The van der Waals surface area contributed by atoms with Crippen molar-refractivity contribution >= 4 is 12.4 Å². The number of rotatable bonds is 6. The highest BCUT2D eigenvalue weighted by Crippen LogP contribution is 2.21. The number of aliphatic hydroxyl groups is 1. The molecule has 108 valence electrons. The van der Waals surface area contributed by atoms with E-state index >= 15 is 0 Å². The molecule has 19 heavy (non-hydrogen) atoms. The SMILES string of the molecule is Cl.NCC[C@@H](O)c1cccc(OC[C@@H]2CCCN2)c1. The Morgan fingerprint density at radius 2 is 2.32 bits per heavy atom. The molecule has 1 aromatic rings. The fourth-order valence-electron chi connectivity index (χ4n) is 2.23. The summed E-state index contributed by atoms with van der Waals surface area (Å²) >= 11 is 0. The monoisotopic (exact) mass is 286 g/mol. The molecule has 0 saturated carbocycles. The molecule has 0 aliphatic carbocycles. The molecule has 1 aliphatic heterocycles. The summed E-state index contributed by atoms with van der Waals surface area (Å²) in [6, 6.07) is 8.10. The zero-order chi connectivity index (χ0) is 12.8. The summed E-state index contributed by atoms with van der Waals surface area (Å²) in [5.41, 5.74) is 6.32. The number of halogens is 1. The lowest BCUT2D eigenvalue weighted by atomic mass is 10.1. The average molecular weight is 287 g/mol. The molecule has 4 N–H and O–H groups in total. The Balaban J connectivity index is 0.00000180. The first-order chi connectivity index (χ1) is 8.79. The fourth-order valence-corrected chi connectivity index (χ4v) is 2.23. The van der Waals surface area contributed by atoms with E-state index in [1.54, 1.807) is 0 Å². The van der Waals surface area contributed by atoms with Gasteiger partial charge in [-0.25, -0.2) is 0 Å². The van der Waals surface area contributed by atoms with Crippen LogP contribution in [0.2, 0.25) is 0 Å². The average Bonchev–Trinajstić information content (AvgIpc) is 2.90. The van der Waals surface area contributed by atoms with E-state index in [-0.39, 0.29) is 12.4 Å². The van der Waals surface area contributed by atoms with Crippen LogP contribution in [0.1, 0.15) is 30.9 Å². The van der Waals surface area contributed by atoms with E-state index in [2.05, 4.69) is 5.32 Å². The van der Waals surface area contributed by atoms with Crippen LogP contribution >= 0.6 is 12.4 Å². The highest BCUT2D eigenvalue weighted by molar-refractivity contribution is 5.85. The molecule has 2 atom stereocenters. The van der Waals surface area contributed by atoms with Crippen molar-refractivity contribution in [1.82, 2.24) is 5.32 Å². The normalized spacial score (nSPS) is 19.8. The molecule has 0 aromatic heterocycles. The maximum absolute atomic E-state index is 9.88. The summed E-state index contributed by atoms with van der Waals surface area (Å²) in [6.45, 7) is 2.26. The molecule has 0 radical (unpaired) electrons. The molecule has 0 bridgehead atoms. The summed E-state index contributed by atoms with van der Waals surface area (Å²) in [6.07, 6.45) is 2.48. The summed E-state index contributed by atoms with van der Waals surface area (Å²) in [7, 11) is 0. The number of nitrogens with one attached hydrogen (secondary N) is 1. The van der Waals surface area contributed by atoms with Crippen molar-refractivity contribution in [2.45, 2.75) is 31.4 Å². The van der Waals surface area contributed by atoms with Crippen LogP contribution in [0.15, 0.2) is 24.3 Å². The zero-order valence-corrected chi connectivity index (χ0v) is 11.9. The number of aliphatic hydroxyl groups excluding tert-OH is 1. The van der Waals surface area contributed by atoms with Crippen LogP contribution in [0.3, 0.4) is 0 Å². The van der Waals surface area contributed by atoms with E-state index in [0.29, 0.717) is 25.6 Å². The number of nitrogens with two attached hydrogens (primary N) is 1. The predicted octanol–water partition coefficient (Wildman–Crippen LogP) is 1.62. The van der Waals surface area contributed by atoms with Gasteiger partial charge in [0, 0.05) is 6.04 Å². The highest BCUT2D eigenvalue weighted by Gasteiger charge is 2.14. The minimum atomic E-state index is -0.497. The van der Waals surface area contributed by atoms with Gasteiger partial charge >= 0.3 is 0 Å². The first-order valence-electron chi connectivity index (χ1n) is 6.64. The first-order valence-corrected chi connectivity index (χ1v) is 6.64. The Labute approximate surface area is 120 Å². The van der Waals surface area contributed by atoms with Crippen LogP contribution in [-0.2, 0) is 0 Å². The third kappa shape index (κ3) is 4.99. The van der Waals surface area contributed by atoms with Gasteiger partial charge in [0.05, 0.1) is 6.10 Å². The van der Waals surface area contributed by atoms with E-state index in [1.165, 1.54) is 12.8 Å². The van der Waals surface area contributed by atoms with Gasteiger partial charge < -0.3 is 20.9 Å². The molecule has 1 saturated heterocycles. The standard InChI is InChI=1S/C14H22N2O2.ClH/c15-7-6-14(17)11-3-1-5-13(9-11)18-10-12-4-2-8-16-12;/h1,3,5,9,12,14,16-17H,2,4,6-8,10,15H2;1H/t12-,14+;/m0./s1. The molecule has 0 amide bonds. The van der Waals surface area contributed by atoms with E-state index < -0.39 is 6.10 Å². The van der Waals surface area contributed by atoms with Crippen molar-refractivity contribution in [1.29, 1.82) is 0 Å². The van der Waals surface area contributed by atoms with Gasteiger partial charge in [0.15, 0.2) is 0 Å². The van der Waals surface area contributed by atoms with Gasteiger partial charge in [-0.05, 0) is 50.0 Å². The van der Waals surface area contributed by atoms with Crippen molar-refractivity contribution < 1.29 is 9.84 Å². The summed E-state index contributed by atoms with van der Waals surface area (Å²) in [5, 5.41) is 13.3. The molecule has 0 spiro atoms. The van der Waals surface area contributed by atoms with Gasteiger partial charge in [-0.1, -0.05) is 12.1 Å². The molecular weight excluding hydrogens is 264 g/mol. The van der Waals surface area contributed by atoms with Crippen LogP contribution < -0.4 is 15.8 Å². The molecular formula is C14H23ClN2O2. The van der Waals surface area contributed by atoms with E-state index in [0.717, 1.165) is 17.9 Å². The van der Waals surface area contributed by atoms with Crippen molar-refractivity contribution in [2.24, 2.45) is 5.73 Å². The van der Waals surface area contributed by atoms with Crippen LogP contribution in [0, 0.1) is 0 Å². The second kappa shape index (κ2) is 8.38. The lowest BCUT2D eigenvalue weighted by molar-refractivity contribution is 0.169. The Morgan fingerprint density at radius 3 is 3.00 bits per heavy atom. The molecule has 1 aromatic carbocycles. The second-order valence-corrected chi connectivity index (χ2v) is 4.77. The first kappa shape index (κ1) is 16.2.